The Labute approximate surface area is 208 Å². The van der Waals surface area contributed by atoms with Gasteiger partial charge in [0.1, 0.15) is 5.75 Å². The van der Waals surface area contributed by atoms with E-state index in [0.29, 0.717) is 29.4 Å². The van der Waals surface area contributed by atoms with Gasteiger partial charge in [-0.15, -0.1) is 15.3 Å². The minimum Gasteiger partial charge on any atom is -0.497 e. The summed E-state index contributed by atoms with van der Waals surface area (Å²) >= 11 is 0. The molecule has 3 aromatic carbocycles. The van der Waals surface area contributed by atoms with Crippen LogP contribution < -0.4 is 15.4 Å². The predicted molar refractivity (Wildman–Crippen MR) is 141 cm³/mol. The van der Waals surface area contributed by atoms with Crippen LogP contribution in [0.1, 0.15) is 10.4 Å². The van der Waals surface area contributed by atoms with Crippen LogP contribution in [0.5, 0.6) is 5.75 Å². The van der Waals surface area contributed by atoms with Gasteiger partial charge in [0.2, 0.25) is 0 Å². The van der Waals surface area contributed by atoms with Crippen molar-refractivity contribution in [3.05, 3.63) is 78.4 Å². The fourth-order valence-electron chi connectivity index (χ4n) is 3.93. The zero-order valence-corrected chi connectivity index (χ0v) is 20.4. The number of hydrogen-bond donors (Lipinski definition) is 2. The van der Waals surface area contributed by atoms with Crippen molar-refractivity contribution in [2.24, 2.45) is 0 Å². The van der Waals surface area contributed by atoms with E-state index in [1.807, 2.05) is 79.7 Å². The van der Waals surface area contributed by atoms with E-state index >= 15 is 0 Å². The number of aromatic nitrogens is 4. The van der Waals surface area contributed by atoms with Crippen molar-refractivity contribution < 1.29 is 9.53 Å². The molecule has 5 aromatic rings. The highest BCUT2D eigenvalue weighted by molar-refractivity contribution is 6.01. The molecule has 0 aliphatic rings. The van der Waals surface area contributed by atoms with E-state index < -0.39 is 0 Å². The molecule has 0 saturated carbocycles. The van der Waals surface area contributed by atoms with Gasteiger partial charge in [-0.3, -0.25) is 4.79 Å². The second-order valence-electron chi connectivity index (χ2n) is 8.64. The van der Waals surface area contributed by atoms with Crippen molar-refractivity contribution in [3.63, 3.8) is 0 Å². The van der Waals surface area contributed by atoms with Crippen LogP contribution in [0.25, 0.3) is 27.8 Å². The number of likely N-dealkylation sites (N-methyl/N-ethyl adjacent to an activating group) is 1. The van der Waals surface area contributed by atoms with Gasteiger partial charge in [-0.1, -0.05) is 24.3 Å². The molecule has 5 rings (SSSR count). The van der Waals surface area contributed by atoms with Crippen LogP contribution in [0.2, 0.25) is 0 Å². The number of nitrogens with one attached hydrogen (secondary N) is 2. The van der Waals surface area contributed by atoms with Gasteiger partial charge in [0, 0.05) is 40.7 Å². The smallest absolute Gasteiger partial charge is 0.251 e. The number of rotatable bonds is 8. The SMILES string of the molecule is COc1ccc(-c2nnc3c4ccccc4c(Nc4ccc(C(=O)NCCN(C)C)cc4)nn23)cc1. The molecule has 9 nitrogen and oxygen atoms in total. The summed E-state index contributed by atoms with van der Waals surface area (Å²) < 4.78 is 7.02. The summed E-state index contributed by atoms with van der Waals surface area (Å²) in [7, 11) is 5.58. The molecule has 182 valence electrons. The molecular weight excluding hydrogens is 454 g/mol. The second kappa shape index (κ2) is 10.0. The molecule has 0 bridgehead atoms. The third kappa shape index (κ3) is 4.69. The largest absolute Gasteiger partial charge is 0.497 e. The lowest BCUT2D eigenvalue weighted by Gasteiger charge is -2.12. The normalized spacial score (nSPS) is 11.2. The zero-order chi connectivity index (χ0) is 25.1. The molecule has 0 aliphatic heterocycles. The molecule has 2 aromatic heterocycles. The number of amides is 1. The predicted octanol–water partition coefficient (Wildman–Crippen LogP) is 3.99. The molecule has 0 fully saturated rings. The van der Waals surface area contributed by atoms with E-state index in [4.69, 9.17) is 9.84 Å². The molecule has 0 radical (unpaired) electrons. The van der Waals surface area contributed by atoms with Crippen LogP contribution in [-0.4, -0.2) is 64.9 Å². The maximum atomic E-state index is 12.4. The first-order valence-corrected chi connectivity index (χ1v) is 11.6. The molecule has 36 heavy (non-hydrogen) atoms. The standard InChI is InChI=1S/C27H27N7O2/c1-33(2)17-16-28-27(35)19-8-12-20(13-9-19)29-24-22-6-4-5-7-23(22)26-31-30-25(34(26)32-24)18-10-14-21(36-3)15-11-18/h4-15H,16-17H2,1-3H3,(H,28,35)(H,29,32). The van der Waals surface area contributed by atoms with Crippen LogP contribution >= 0.6 is 0 Å². The van der Waals surface area contributed by atoms with E-state index in [2.05, 4.69) is 20.8 Å². The Morgan fingerprint density at radius 3 is 2.36 bits per heavy atom. The quantitative estimate of drug-likeness (QED) is 0.346. The van der Waals surface area contributed by atoms with Crippen LogP contribution in [0, 0.1) is 0 Å². The summed E-state index contributed by atoms with van der Waals surface area (Å²) in [6.07, 6.45) is 0. The average molecular weight is 482 g/mol. The number of carbonyl (C=O) groups is 1. The third-order valence-electron chi connectivity index (χ3n) is 5.87. The van der Waals surface area contributed by atoms with Crippen LogP contribution in [0.4, 0.5) is 11.5 Å². The average Bonchev–Trinajstić information content (AvgIpc) is 3.33. The van der Waals surface area contributed by atoms with Gasteiger partial charge in [0.05, 0.1) is 7.11 Å². The number of carbonyl (C=O) groups excluding carboxylic acids is 1. The topological polar surface area (TPSA) is 96.7 Å². The zero-order valence-electron chi connectivity index (χ0n) is 20.4. The first-order valence-electron chi connectivity index (χ1n) is 11.6. The lowest BCUT2D eigenvalue weighted by molar-refractivity contribution is 0.0951. The minimum absolute atomic E-state index is 0.0954. The highest BCUT2D eigenvalue weighted by Gasteiger charge is 2.16. The molecular formula is C27H27N7O2. The maximum absolute atomic E-state index is 12.4. The molecule has 0 saturated heterocycles. The van der Waals surface area contributed by atoms with Crippen molar-refractivity contribution in [2.45, 2.75) is 0 Å². The molecule has 2 N–H and O–H groups in total. The van der Waals surface area contributed by atoms with Gasteiger partial charge in [-0.2, -0.15) is 4.52 Å². The summed E-state index contributed by atoms with van der Waals surface area (Å²) in [5.41, 5.74) is 2.97. The highest BCUT2D eigenvalue weighted by atomic mass is 16.5. The fourth-order valence-corrected chi connectivity index (χ4v) is 3.93. The number of methoxy groups -OCH3 is 1. The highest BCUT2D eigenvalue weighted by Crippen LogP contribution is 2.29. The maximum Gasteiger partial charge on any atom is 0.251 e. The van der Waals surface area contributed by atoms with Gasteiger partial charge < -0.3 is 20.3 Å². The minimum atomic E-state index is -0.0954. The molecule has 0 spiro atoms. The molecule has 0 unspecified atom stereocenters. The Morgan fingerprint density at radius 2 is 1.67 bits per heavy atom. The summed E-state index contributed by atoms with van der Waals surface area (Å²) in [6, 6.07) is 22.9. The second-order valence-corrected chi connectivity index (χ2v) is 8.64. The Bertz CT molecular complexity index is 1510. The van der Waals surface area contributed by atoms with Gasteiger partial charge >= 0.3 is 0 Å². The molecule has 9 heteroatoms. The van der Waals surface area contributed by atoms with Crippen molar-refractivity contribution in [2.75, 3.05) is 39.6 Å². The van der Waals surface area contributed by atoms with Crippen molar-refractivity contribution in [1.29, 1.82) is 0 Å². The monoisotopic (exact) mass is 481 g/mol. The van der Waals surface area contributed by atoms with Gasteiger partial charge in [0.15, 0.2) is 17.3 Å². The lowest BCUT2D eigenvalue weighted by atomic mass is 10.1. The first-order chi connectivity index (χ1) is 17.5. The van der Waals surface area contributed by atoms with Crippen molar-refractivity contribution >= 4 is 33.8 Å². The van der Waals surface area contributed by atoms with Gasteiger partial charge in [0.25, 0.3) is 5.91 Å². The number of anilines is 2. The number of ether oxygens (including phenoxy) is 1. The Kier molecular flexibility index (Phi) is 6.46. The van der Waals surface area contributed by atoms with Crippen molar-refractivity contribution in [1.82, 2.24) is 30.0 Å². The van der Waals surface area contributed by atoms with Gasteiger partial charge in [-0.05, 0) is 62.6 Å². The van der Waals surface area contributed by atoms with E-state index in [-0.39, 0.29) is 5.91 Å². The molecule has 0 atom stereocenters. The van der Waals surface area contributed by atoms with E-state index in [1.165, 1.54) is 0 Å². The third-order valence-corrected chi connectivity index (χ3v) is 5.87. The van der Waals surface area contributed by atoms with Crippen LogP contribution in [-0.2, 0) is 0 Å². The first kappa shape index (κ1) is 23.3. The molecule has 1 amide bonds. The summed E-state index contributed by atoms with van der Waals surface area (Å²) in [5, 5.41) is 21.9. The van der Waals surface area contributed by atoms with E-state index in [9.17, 15) is 4.79 Å². The fraction of sp³-hybridized carbons (Fsp3) is 0.185. The Hall–Kier alpha value is -4.50. The van der Waals surface area contributed by atoms with Gasteiger partial charge in [-0.25, -0.2) is 0 Å². The summed E-state index contributed by atoms with van der Waals surface area (Å²) in [4.78, 5) is 14.4. The molecule has 0 aliphatic carbocycles. The summed E-state index contributed by atoms with van der Waals surface area (Å²) in [5.74, 6) is 1.97. The van der Waals surface area contributed by atoms with Crippen LogP contribution in [0.15, 0.2) is 72.8 Å². The summed E-state index contributed by atoms with van der Waals surface area (Å²) in [6.45, 7) is 1.38. The number of fused-ring (bicyclic) bond motifs is 3. The van der Waals surface area contributed by atoms with Crippen molar-refractivity contribution in [3.8, 4) is 17.1 Å². The lowest BCUT2D eigenvalue weighted by Crippen LogP contribution is -2.31. The number of hydrogen-bond acceptors (Lipinski definition) is 7. The van der Waals surface area contributed by atoms with Crippen LogP contribution in [0.3, 0.4) is 0 Å². The number of nitrogens with zero attached hydrogens (tertiary/aromatic N) is 5. The molecule has 2 heterocycles. The van der Waals surface area contributed by atoms with E-state index in [1.54, 1.807) is 23.8 Å². The Morgan fingerprint density at radius 1 is 0.944 bits per heavy atom. The number of benzene rings is 3. The Balaban J connectivity index is 1.47. The van der Waals surface area contributed by atoms with E-state index in [0.717, 1.165) is 34.3 Å².